The molecular weight excluding hydrogens is 282 g/mol. The average Bonchev–Trinajstić information content (AvgIpc) is 2.89. The molecule has 3 rings (SSSR count). The first-order valence-corrected chi connectivity index (χ1v) is 8.94. The number of nitrogens with zero attached hydrogens (tertiary/aromatic N) is 1. The summed E-state index contributed by atoms with van der Waals surface area (Å²) in [5, 5.41) is 10.1. The van der Waals surface area contributed by atoms with E-state index in [0.29, 0.717) is 0 Å². The van der Waals surface area contributed by atoms with Gasteiger partial charge in [-0.2, -0.15) is 0 Å². The molecule has 0 radical (unpaired) electrons. The van der Waals surface area contributed by atoms with Gasteiger partial charge in [-0.3, -0.25) is 4.79 Å². The van der Waals surface area contributed by atoms with Gasteiger partial charge in [0.15, 0.2) is 0 Å². The number of hydrogen-bond donors (Lipinski definition) is 1. The predicted molar refractivity (Wildman–Crippen MR) is 85.9 cm³/mol. The van der Waals surface area contributed by atoms with Crippen LogP contribution < -0.4 is 0 Å². The molecule has 0 saturated heterocycles. The lowest BCUT2D eigenvalue weighted by molar-refractivity contribution is 0.0271. The summed E-state index contributed by atoms with van der Waals surface area (Å²) in [4.78, 5) is 16.7. The molecule has 0 bridgehead atoms. The predicted octanol–water partition coefficient (Wildman–Crippen LogP) is 3.25. The molecule has 1 N–H and O–H groups in total. The maximum Gasteiger partial charge on any atom is 0.264 e. The van der Waals surface area contributed by atoms with Gasteiger partial charge in [0, 0.05) is 11.9 Å². The van der Waals surface area contributed by atoms with Crippen molar-refractivity contribution < 1.29 is 9.90 Å². The summed E-state index contributed by atoms with van der Waals surface area (Å²) < 4.78 is 0. The third-order valence-electron chi connectivity index (χ3n) is 5.05. The van der Waals surface area contributed by atoms with Crippen LogP contribution in [-0.2, 0) is 12.8 Å². The molecule has 0 aliphatic heterocycles. The Balaban J connectivity index is 1.75. The monoisotopic (exact) mass is 307 g/mol. The third-order valence-corrected chi connectivity index (χ3v) is 6.28. The van der Waals surface area contributed by atoms with Gasteiger partial charge in [-0.25, -0.2) is 0 Å². The molecule has 3 nitrogen and oxygen atoms in total. The van der Waals surface area contributed by atoms with Crippen LogP contribution in [-0.4, -0.2) is 35.1 Å². The molecule has 116 valence electrons. The van der Waals surface area contributed by atoms with Crippen LogP contribution in [0.2, 0.25) is 0 Å². The zero-order valence-electron chi connectivity index (χ0n) is 13.0. The highest BCUT2D eigenvalue weighted by Gasteiger charge is 2.31. The second-order valence-electron chi connectivity index (χ2n) is 6.74. The van der Waals surface area contributed by atoms with Gasteiger partial charge in [-0.05, 0) is 49.7 Å². The minimum atomic E-state index is -0.359. The van der Waals surface area contributed by atoms with E-state index in [9.17, 15) is 9.90 Å². The first kappa shape index (κ1) is 15.0. The van der Waals surface area contributed by atoms with Crippen molar-refractivity contribution >= 4 is 17.2 Å². The molecule has 1 fully saturated rings. The van der Waals surface area contributed by atoms with Crippen molar-refractivity contribution in [1.82, 2.24) is 4.90 Å². The Kier molecular flexibility index (Phi) is 4.36. The second-order valence-corrected chi connectivity index (χ2v) is 7.88. The molecule has 1 aromatic rings. The van der Waals surface area contributed by atoms with Gasteiger partial charge in [0.05, 0.1) is 17.0 Å². The standard InChI is InChI=1S/C17H25NO2S/c1-11-7-8-15-12(9-11)10-16(21-15)17(20)18(2)13-5-3-4-6-14(13)19/h10-11,13-14,19H,3-9H2,1-2H3. The number of likely N-dealkylation sites (N-methyl/N-ethyl adjacent to an activating group) is 1. The van der Waals surface area contributed by atoms with Crippen molar-refractivity contribution in [2.75, 3.05) is 7.05 Å². The van der Waals surface area contributed by atoms with Crippen LogP contribution in [0.4, 0.5) is 0 Å². The highest BCUT2D eigenvalue weighted by Crippen LogP contribution is 2.33. The van der Waals surface area contributed by atoms with Crippen molar-refractivity contribution in [1.29, 1.82) is 0 Å². The Morgan fingerprint density at radius 1 is 1.33 bits per heavy atom. The molecular formula is C17H25NO2S. The Labute approximate surface area is 131 Å². The number of carbonyl (C=O) groups is 1. The topological polar surface area (TPSA) is 40.5 Å². The highest BCUT2D eigenvalue weighted by molar-refractivity contribution is 7.14. The fourth-order valence-electron chi connectivity index (χ4n) is 3.68. The van der Waals surface area contributed by atoms with Crippen LogP contribution in [0.5, 0.6) is 0 Å². The van der Waals surface area contributed by atoms with Gasteiger partial charge in [0.25, 0.3) is 5.91 Å². The first-order valence-electron chi connectivity index (χ1n) is 8.13. The third kappa shape index (κ3) is 3.02. The smallest absolute Gasteiger partial charge is 0.264 e. The van der Waals surface area contributed by atoms with Gasteiger partial charge in [-0.1, -0.05) is 19.8 Å². The van der Waals surface area contributed by atoms with E-state index in [1.165, 1.54) is 16.9 Å². The summed E-state index contributed by atoms with van der Waals surface area (Å²) >= 11 is 1.67. The van der Waals surface area contributed by atoms with Crippen LogP contribution in [0.3, 0.4) is 0 Å². The Bertz CT molecular complexity index is 525. The molecule has 2 aliphatic carbocycles. The first-order chi connectivity index (χ1) is 10.1. The van der Waals surface area contributed by atoms with Gasteiger partial charge < -0.3 is 10.0 Å². The lowest BCUT2D eigenvalue weighted by Crippen LogP contribution is -2.46. The number of aryl methyl sites for hydroxylation is 1. The molecule has 2 aliphatic rings. The number of aliphatic hydroxyl groups excluding tert-OH is 1. The molecule has 0 spiro atoms. The molecule has 4 heteroatoms. The number of carbonyl (C=O) groups excluding carboxylic acids is 1. The molecule has 21 heavy (non-hydrogen) atoms. The highest BCUT2D eigenvalue weighted by atomic mass is 32.1. The van der Waals surface area contributed by atoms with Crippen LogP contribution in [0, 0.1) is 5.92 Å². The van der Waals surface area contributed by atoms with Crippen molar-refractivity contribution in [2.24, 2.45) is 5.92 Å². The number of rotatable bonds is 2. The number of hydrogen-bond acceptors (Lipinski definition) is 3. The summed E-state index contributed by atoms with van der Waals surface area (Å²) in [5.41, 5.74) is 1.37. The average molecular weight is 307 g/mol. The Morgan fingerprint density at radius 2 is 2.10 bits per heavy atom. The zero-order chi connectivity index (χ0) is 15.0. The van der Waals surface area contributed by atoms with Crippen LogP contribution >= 0.6 is 11.3 Å². The zero-order valence-corrected chi connectivity index (χ0v) is 13.8. The van der Waals surface area contributed by atoms with E-state index in [1.807, 2.05) is 7.05 Å². The van der Waals surface area contributed by atoms with Crippen LogP contribution in [0.15, 0.2) is 6.07 Å². The quantitative estimate of drug-likeness (QED) is 0.911. The second kappa shape index (κ2) is 6.09. The number of aliphatic hydroxyl groups is 1. The van der Waals surface area contributed by atoms with E-state index in [-0.39, 0.29) is 18.1 Å². The van der Waals surface area contributed by atoms with Gasteiger partial charge in [-0.15, -0.1) is 11.3 Å². The Hall–Kier alpha value is -0.870. The number of fused-ring (bicyclic) bond motifs is 1. The maximum absolute atomic E-state index is 12.7. The summed E-state index contributed by atoms with van der Waals surface area (Å²) in [6.07, 6.45) is 7.02. The summed E-state index contributed by atoms with van der Waals surface area (Å²) in [6, 6.07) is 2.09. The van der Waals surface area contributed by atoms with Crippen LogP contribution in [0.25, 0.3) is 0 Å². The fourth-order valence-corrected chi connectivity index (χ4v) is 4.87. The fraction of sp³-hybridized carbons (Fsp3) is 0.706. The SMILES string of the molecule is CC1CCc2sc(C(=O)N(C)C3CCCCC3O)cc2C1. The lowest BCUT2D eigenvalue weighted by atomic mass is 9.90. The van der Waals surface area contributed by atoms with Crippen molar-refractivity contribution in [2.45, 2.75) is 64.0 Å². The summed E-state index contributed by atoms with van der Waals surface area (Å²) in [5.74, 6) is 0.820. The van der Waals surface area contributed by atoms with Crippen molar-refractivity contribution in [3.8, 4) is 0 Å². The van der Waals surface area contributed by atoms with E-state index < -0.39 is 0 Å². The number of thiophene rings is 1. The van der Waals surface area contributed by atoms with E-state index in [0.717, 1.165) is 49.3 Å². The van der Waals surface area contributed by atoms with Gasteiger partial charge >= 0.3 is 0 Å². The van der Waals surface area contributed by atoms with Crippen molar-refractivity contribution in [3.05, 3.63) is 21.4 Å². The molecule has 1 saturated carbocycles. The minimum absolute atomic E-state index is 0.00991. The molecule has 1 amide bonds. The molecule has 3 unspecified atom stereocenters. The van der Waals surface area contributed by atoms with Crippen LogP contribution in [0.1, 0.15) is 59.1 Å². The molecule has 1 aromatic heterocycles. The minimum Gasteiger partial charge on any atom is -0.391 e. The van der Waals surface area contributed by atoms with E-state index in [2.05, 4.69) is 13.0 Å². The molecule has 3 atom stereocenters. The molecule has 0 aromatic carbocycles. The van der Waals surface area contributed by atoms with Gasteiger partial charge in [0.2, 0.25) is 0 Å². The van der Waals surface area contributed by atoms with E-state index in [1.54, 1.807) is 16.2 Å². The maximum atomic E-state index is 12.7. The lowest BCUT2D eigenvalue weighted by Gasteiger charge is -2.34. The van der Waals surface area contributed by atoms with Gasteiger partial charge in [0.1, 0.15) is 0 Å². The Morgan fingerprint density at radius 3 is 2.86 bits per heavy atom. The van der Waals surface area contributed by atoms with E-state index >= 15 is 0 Å². The largest absolute Gasteiger partial charge is 0.391 e. The summed E-state index contributed by atoms with van der Waals surface area (Å²) in [7, 11) is 1.85. The van der Waals surface area contributed by atoms with Crippen molar-refractivity contribution in [3.63, 3.8) is 0 Å². The van der Waals surface area contributed by atoms with E-state index in [4.69, 9.17) is 0 Å². The summed E-state index contributed by atoms with van der Waals surface area (Å²) in [6.45, 7) is 2.28. The molecule has 1 heterocycles. The normalized spacial score (nSPS) is 29.0. The number of amides is 1.